The van der Waals surface area contributed by atoms with Crippen LogP contribution in [0.15, 0.2) is 24.3 Å². The van der Waals surface area contributed by atoms with E-state index in [0.29, 0.717) is 6.54 Å². The highest BCUT2D eigenvalue weighted by molar-refractivity contribution is 5.25. The van der Waals surface area contributed by atoms with Gasteiger partial charge in [0.2, 0.25) is 0 Å². The summed E-state index contributed by atoms with van der Waals surface area (Å²) in [4.78, 5) is 0. The average Bonchev–Trinajstić information content (AvgIpc) is 2.14. The standard InChI is InChI=1S/C12H16F3N/c1-9-5-3-4-6-11(9)8-16-10(2)7-12(13,14)15/h3-6,10,16H,7-8H2,1-2H3. The SMILES string of the molecule is Cc1ccccc1CNC(C)CC(F)(F)F. The molecule has 4 heteroatoms. The fraction of sp³-hybridized carbons (Fsp3) is 0.500. The molecule has 1 N–H and O–H groups in total. The molecule has 0 bridgehead atoms. The van der Waals surface area contributed by atoms with Crippen LogP contribution in [-0.4, -0.2) is 12.2 Å². The van der Waals surface area contributed by atoms with Crippen molar-refractivity contribution in [1.82, 2.24) is 5.32 Å². The van der Waals surface area contributed by atoms with Crippen molar-refractivity contribution in [2.24, 2.45) is 0 Å². The minimum atomic E-state index is -4.10. The lowest BCUT2D eigenvalue weighted by Crippen LogP contribution is -2.30. The van der Waals surface area contributed by atoms with Crippen molar-refractivity contribution in [2.45, 2.75) is 39.0 Å². The first-order valence-electron chi connectivity index (χ1n) is 5.23. The first-order valence-corrected chi connectivity index (χ1v) is 5.23. The molecule has 0 aliphatic heterocycles. The van der Waals surface area contributed by atoms with Crippen molar-refractivity contribution in [3.8, 4) is 0 Å². The molecule has 1 nitrogen and oxygen atoms in total. The minimum Gasteiger partial charge on any atom is -0.310 e. The molecule has 1 aromatic carbocycles. The van der Waals surface area contributed by atoms with Crippen molar-refractivity contribution in [1.29, 1.82) is 0 Å². The van der Waals surface area contributed by atoms with Crippen LogP contribution >= 0.6 is 0 Å². The normalized spacial score (nSPS) is 13.8. The van der Waals surface area contributed by atoms with E-state index in [0.717, 1.165) is 11.1 Å². The number of hydrogen-bond acceptors (Lipinski definition) is 1. The maximum atomic E-state index is 12.1. The van der Waals surface area contributed by atoms with E-state index in [2.05, 4.69) is 5.32 Å². The molecule has 0 aliphatic rings. The Labute approximate surface area is 93.7 Å². The van der Waals surface area contributed by atoms with E-state index >= 15 is 0 Å². The summed E-state index contributed by atoms with van der Waals surface area (Å²) in [5.41, 5.74) is 2.13. The second kappa shape index (κ2) is 5.34. The number of halogens is 3. The van der Waals surface area contributed by atoms with E-state index in [1.807, 2.05) is 31.2 Å². The third-order valence-electron chi connectivity index (χ3n) is 2.44. The summed E-state index contributed by atoms with van der Waals surface area (Å²) in [6.45, 7) is 3.97. The molecule has 1 unspecified atom stereocenters. The lowest BCUT2D eigenvalue weighted by Gasteiger charge is -2.16. The second-order valence-corrected chi connectivity index (χ2v) is 4.03. The zero-order valence-electron chi connectivity index (χ0n) is 9.43. The van der Waals surface area contributed by atoms with E-state index in [-0.39, 0.29) is 0 Å². The predicted octanol–water partition coefficient (Wildman–Crippen LogP) is 3.43. The molecule has 0 amide bonds. The fourth-order valence-electron chi connectivity index (χ4n) is 1.51. The van der Waals surface area contributed by atoms with E-state index in [9.17, 15) is 13.2 Å². The van der Waals surface area contributed by atoms with Gasteiger partial charge in [-0.05, 0) is 25.0 Å². The molecule has 0 spiro atoms. The molecule has 0 fully saturated rings. The molecule has 1 rings (SSSR count). The molecular weight excluding hydrogens is 215 g/mol. The highest BCUT2D eigenvalue weighted by Crippen LogP contribution is 2.21. The highest BCUT2D eigenvalue weighted by Gasteiger charge is 2.29. The topological polar surface area (TPSA) is 12.0 Å². The number of alkyl halides is 3. The average molecular weight is 231 g/mol. The molecule has 0 aliphatic carbocycles. The Hall–Kier alpha value is -1.03. The van der Waals surface area contributed by atoms with Crippen LogP contribution in [0.4, 0.5) is 13.2 Å². The lowest BCUT2D eigenvalue weighted by molar-refractivity contribution is -0.139. The molecule has 0 saturated carbocycles. The summed E-state index contributed by atoms with van der Waals surface area (Å²) in [7, 11) is 0. The van der Waals surface area contributed by atoms with Crippen LogP contribution in [0.3, 0.4) is 0 Å². The van der Waals surface area contributed by atoms with Crippen LogP contribution in [0.2, 0.25) is 0 Å². The largest absolute Gasteiger partial charge is 0.390 e. The third-order valence-corrected chi connectivity index (χ3v) is 2.44. The Kier molecular flexibility index (Phi) is 4.35. The Bertz CT molecular complexity index is 333. The van der Waals surface area contributed by atoms with Gasteiger partial charge in [0.25, 0.3) is 0 Å². The number of rotatable bonds is 4. The minimum absolute atomic E-state index is 0.476. The molecule has 0 radical (unpaired) electrons. The van der Waals surface area contributed by atoms with Gasteiger partial charge in [0.1, 0.15) is 0 Å². The molecule has 16 heavy (non-hydrogen) atoms. The predicted molar refractivity (Wildman–Crippen MR) is 58.2 cm³/mol. The first-order chi connectivity index (χ1) is 7.38. The zero-order valence-corrected chi connectivity index (χ0v) is 9.43. The van der Waals surface area contributed by atoms with Crippen molar-refractivity contribution >= 4 is 0 Å². The monoisotopic (exact) mass is 231 g/mol. The van der Waals surface area contributed by atoms with Crippen LogP contribution in [-0.2, 0) is 6.54 Å². The lowest BCUT2D eigenvalue weighted by atomic mass is 10.1. The molecule has 90 valence electrons. The van der Waals surface area contributed by atoms with Gasteiger partial charge in [-0.25, -0.2) is 0 Å². The summed E-state index contributed by atoms with van der Waals surface area (Å²) in [5, 5.41) is 2.88. The van der Waals surface area contributed by atoms with Crippen molar-refractivity contribution in [2.75, 3.05) is 0 Å². The Balaban J connectivity index is 2.43. The van der Waals surface area contributed by atoms with Crippen LogP contribution in [0, 0.1) is 6.92 Å². The van der Waals surface area contributed by atoms with Crippen LogP contribution in [0.25, 0.3) is 0 Å². The molecule has 0 aromatic heterocycles. The Morgan fingerprint density at radius 2 is 1.88 bits per heavy atom. The van der Waals surface area contributed by atoms with Crippen molar-refractivity contribution in [3.05, 3.63) is 35.4 Å². The van der Waals surface area contributed by atoms with Gasteiger partial charge >= 0.3 is 6.18 Å². The van der Waals surface area contributed by atoms with Gasteiger partial charge in [0.05, 0.1) is 6.42 Å². The van der Waals surface area contributed by atoms with Gasteiger partial charge in [0, 0.05) is 12.6 Å². The van der Waals surface area contributed by atoms with Crippen LogP contribution < -0.4 is 5.32 Å². The number of benzene rings is 1. The quantitative estimate of drug-likeness (QED) is 0.837. The number of aryl methyl sites for hydroxylation is 1. The molecular formula is C12H16F3N. The summed E-state index contributed by atoms with van der Waals surface area (Å²) >= 11 is 0. The van der Waals surface area contributed by atoms with E-state index < -0.39 is 18.6 Å². The van der Waals surface area contributed by atoms with Crippen molar-refractivity contribution in [3.63, 3.8) is 0 Å². The van der Waals surface area contributed by atoms with Crippen molar-refractivity contribution < 1.29 is 13.2 Å². The maximum Gasteiger partial charge on any atom is 0.390 e. The van der Waals surface area contributed by atoms with Crippen LogP contribution in [0.1, 0.15) is 24.5 Å². The smallest absolute Gasteiger partial charge is 0.310 e. The van der Waals surface area contributed by atoms with E-state index in [1.54, 1.807) is 6.92 Å². The second-order valence-electron chi connectivity index (χ2n) is 4.03. The van der Waals surface area contributed by atoms with E-state index in [4.69, 9.17) is 0 Å². The highest BCUT2D eigenvalue weighted by atomic mass is 19.4. The fourth-order valence-corrected chi connectivity index (χ4v) is 1.51. The van der Waals surface area contributed by atoms with Crippen LogP contribution in [0.5, 0.6) is 0 Å². The summed E-state index contributed by atoms with van der Waals surface area (Å²) < 4.78 is 36.2. The van der Waals surface area contributed by atoms with Gasteiger partial charge in [0.15, 0.2) is 0 Å². The van der Waals surface area contributed by atoms with Gasteiger partial charge in [-0.15, -0.1) is 0 Å². The summed E-state index contributed by atoms with van der Waals surface area (Å²) in [6.07, 6.45) is -4.89. The Morgan fingerprint density at radius 3 is 2.44 bits per heavy atom. The third kappa shape index (κ3) is 4.66. The molecule has 0 heterocycles. The summed E-state index contributed by atoms with van der Waals surface area (Å²) in [6, 6.07) is 7.12. The maximum absolute atomic E-state index is 12.1. The van der Waals surface area contributed by atoms with Gasteiger partial charge in [-0.1, -0.05) is 24.3 Å². The summed E-state index contributed by atoms with van der Waals surface area (Å²) in [5.74, 6) is 0. The zero-order chi connectivity index (χ0) is 12.2. The molecule has 0 saturated heterocycles. The number of hydrogen-bond donors (Lipinski definition) is 1. The van der Waals surface area contributed by atoms with Gasteiger partial charge in [-0.2, -0.15) is 13.2 Å². The number of nitrogens with one attached hydrogen (secondary N) is 1. The molecule has 1 atom stereocenters. The van der Waals surface area contributed by atoms with Gasteiger partial charge in [-0.3, -0.25) is 0 Å². The van der Waals surface area contributed by atoms with E-state index in [1.165, 1.54) is 0 Å². The Morgan fingerprint density at radius 1 is 1.25 bits per heavy atom. The van der Waals surface area contributed by atoms with Gasteiger partial charge < -0.3 is 5.32 Å². The molecule has 1 aromatic rings. The first kappa shape index (κ1) is 13.0.